The molecule has 0 bridgehead atoms. The molecule has 0 spiro atoms. The maximum atomic E-state index is 6.22. The second-order valence-corrected chi connectivity index (χ2v) is 4.13. The molecule has 0 aromatic heterocycles. The Morgan fingerprint density at radius 1 is 1.33 bits per heavy atom. The van der Waals surface area contributed by atoms with Crippen molar-refractivity contribution in [2.24, 2.45) is 0 Å². The van der Waals surface area contributed by atoms with Crippen LogP contribution in [-0.2, 0) is 9.61 Å². The Balaban J connectivity index is 2.33. The van der Waals surface area contributed by atoms with E-state index in [2.05, 4.69) is 0 Å². The first-order chi connectivity index (χ1) is 5.71. The van der Waals surface area contributed by atoms with Crippen molar-refractivity contribution in [3.8, 4) is 0 Å². The van der Waals surface area contributed by atoms with Gasteiger partial charge in [0.15, 0.2) is 0 Å². The Kier molecular flexibility index (Phi) is 2.03. The molecular formula is C9H8Cl2O. The molecule has 1 aliphatic heterocycles. The van der Waals surface area contributed by atoms with Crippen LogP contribution in [0.15, 0.2) is 24.3 Å². The number of alkyl halides is 1. The summed E-state index contributed by atoms with van der Waals surface area (Å²) < 4.78 is 5.06. The van der Waals surface area contributed by atoms with Crippen LogP contribution in [0.2, 0.25) is 5.02 Å². The minimum Gasteiger partial charge on any atom is -0.377 e. The molecule has 0 amide bonds. The number of rotatable bonds is 1. The first-order valence-electron chi connectivity index (χ1n) is 3.73. The monoisotopic (exact) mass is 202 g/mol. The fraction of sp³-hybridized carbons (Fsp3) is 0.333. The van der Waals surface area contributed by atoms with E-state index in [4.69, 9.17) is 27.9 Å². The molecule has 0 aliphatic carbocycles. The summed E-state index contributed by atoms with van der Waals surface area (Å²) in [7, 11) is 0. The minimum atomic E-state index is -0.328. The van der Waals surface area contributed by atoms with E-state index in [1.54, 1.807) is 0 Å². The fourth-order valence-corrected chi connectivity index (χ4v) is 1.68. The van der Waals surface area contributed by atoms with Gasteiger partial charge in [0.1, 0.15) is 4.87 Å². The first kappa shape index (κ1) is 8.36. The lowest BCUT2D eigenvalue weighted by Gasteiger charge is -2.35. The number of hydrogen-bond donors (Lipinski definition) is 0. The molecule has 64 valence electrons. The molecule has 0 unspecified atom stereocenters. The SMILES string of the molecule is Clc1cccc(C2(Cl)COC2)c1. The van der Waals surface area contributed by atoms with Crippen molar-refractivity contribution in [2.45, 2.75) is 4.87 Å². The molecular weight excluding hydrogens is 195 g/mol. The van der Waals surface area contributed by atoms with Crippen molar-refractivity contribution >= 4 is 23.2 Å². The highest BCUT2D eigenvalue weighted by Crippen LogP contribution is 2.37. The summed E-state index contributed by atoms with van der Waals surface area (Å²) in [5.74, 6) is 0. The van der Waals surface area contributed by atoms with Crippen LogP contribution in [0.5, 0.6) is 0 Å². The van der Waals surface area contributed by atoms with Crippen LogP contribution in [0, 0.1) is 0 Å². The molecule has 0 N–H and O–H groups in total. The van der Waals surface area contributed by atoms with Crippen LogP contribution < -0.4 is 0 Å². The Hall–Kier alpha value is -0.240. The summed E-state index contributed by atoms with van der Waals surface area (Å²) in [6, 6.07) is 7.60. The van der Waals surface area contributed by atoms with Gasteiger partial charge in [-0.2, -0.15) is 0 Å². The van der Waals surface area contributed by atoms with Crippen LogP contribution >= 0.6 is 23.2 Å². The van der Waals surface area contributed by atoms with Crippen LogP contribution in [0.25, 0.3) is 0 Å². The lowest BCUT2D eigenvalue weighted by Crippen LogP contribution is -2.41. The van der Waals surface area contributed by atoms with Gasteiger partial charge in [0.2, 0.25) is 0 Å². The number of ether oxygens (including phenoxy) is 1. The highest BCUT2D eigenvalue weighted by atomic mass is 35.5. The van der Waals surface area contributed by atoms with E-state index in [1.807, 2.05) is 24.3 Å². The topological polar surface area (TPSA) is 9.23 Å². The Labute approximate surface area is 81.2 Å². The van der Waals surface area contributed by atoms with Gasteiger partial charge in [0.25, 0.3) is 0 Å². The average molecular weight is 203 g/mol. The number of hydrogen-bond acceptors (Lipinski definition) is 1. The first-order valence-corrected chi connectivity index (χ1v) is 4.49. The van der Waals surface area contributed by atoms with Gasteiger partial charge in [-0.1, -0.05) is 23.7 Å². The summed E-state index contributed by atoms with van der Waals surface area (Å²) in [4.78, 5) is -0.328. The minimum absolute atomic E-state index is 0.328. The maximum absolute atomic E-state index is 6.22. The molecule has 1 saturated heterocycles. The van der Waals surface area contributed by atoms with Gasteiger partial charge in [-0.05, 0) is 17.7 Å². The van der Waals surface area contributed by atoms with E-state index >= 15 is 0 Å². The molecule has 0 saturated carbocycles. The molecule has 1 aromatic rings. The van der Waals surface area contributed by atoms with Gasteiger partial charge in [-0.25, -0.2) is 0 Å². The van der Waals surface area contributed by atoms with Gasteiger partial charge in [-0.3, -0.25) is 0 Å². The quantitative estimate of drug-likeness (QED) is 0.637. The lowest BCUT2D eigenvalue weighted by atomic mass is 9.97. The predicted octanol–water partition coefficient (Wildman–Crippen LogP) is 2.80. The molecule has 1 heterocycles. The van der Waals surface area contributed by atoms with Crippen LogP contribution in [0.4, 0.5) is 0 Å². The zero-order valence-electron chi connectivity index (χ0n) is 6.39. The van der Waals surface area contributed by atoms with E-state index < -0.39 is 0 Å². The standard InChI is InChI=1S/C9H8Cl2O/c10-8-3-1-2-7(4-8)9(11)5-12-6-9/h1-4H,5-6H2. The van der Waals surface area contributed by atoms with Gasteiger partial charge in [-0.15, -0.1) is 11.6 Å². The van der Waals surface area contributed by atoms with E-state index in [1.165, 1.54) is 0 Å². The summed E-state index contributed by atoms with van der Waals surface area (Å²) in [6.07, 6.45) is 0. The molecule has 1 aromatic carbocycles. The van der Waals surface area contributed by atoms with Crippen molar-refractivity contribution in [2.75, 3.05) is 13.2 Å². The Bertz CT molecular complexity index is 294. The van der Waals surface area contributed by atoms with Gasteiger partial charge < -0.3 is 4.74 Å². The van der Waals surface area contributed by atoms with E-state index in [9.17, 15) is 0 Å². The summed E-state index contributed by atoms with van der Waals surface area (Å²) >= 11 is 12.1. The van der Waals surface area contributed by atoms with Crippen LogP contribution in [0.1, 0.15) is 5.56 Å². The van der Waals surface area contributed by atoms with E-state index in [0.717, 1.165) is 10.6 Å². The Morgan fingerprint density at radius 3 is 2.58 bits per heavy atom. The molecule has 3 heteroatoms. The van der Waals surface area contributed by atoms with Crippen LogP contribution in [0.3, 0.4) is 0 Å². The molecule has 12 heavy (non-hydrogen) atoms. The zero-order valence-corrected chi connectivity index (χ0v) is 7.90. The molecule has 2 rings (SSSR count). The van der Waals surface area contributed by atoms with E-state index in [0.29, 0.717) is 13.2 Å². The maximum Gasteiger partial charge on any atom is 0.116 e. The third-order valence-electron chi connectivity index (χ3n) is 2.00. The lowest BCUT2D eigenvalue weighted by molar-refractivity contribution is -0.0152. The third-order valence-corrected chi connectivity index (χ3v) is 2.68. The molecule has 0 atom stereocenters. The highest BCUT2D eigenvalue weighted by Gasteiger charge is 2.38. The van der Waals surface area contributed by atoms with Gasteiger partial charge in [0.05, 0.1) is 13.2 Å². The zero-order chi connectivity index (χ0) is 8.60. The summed E-state index contributed by atoms with van der Waals surface area (Å²) in [6.45, 7) is 1.16. The van der Waals surface area contributed by atoms with Gasteiger partial charge in [0, 0.05) is 5.02 Å². The highest BCUT2D eigenvalue weighted by molar-refractivity contribution is 6.31. The molecule has 1 aliphatic rings. The van der Waals surface area contributed by atoms with Crippen molar-refractivity contribution in [3.05, 3.63) is 34.9 Å². The smallest absolute Gasteiger partial charge is 0.116 e. The number of benzene rings is 1. The van der Waals surface area contributed by atoms with Gasteiger partial charge >= 0.3 is 0 Å². The average Bonchev–Trinajstić information content (AvgIpc) is 2.00. The van der Waals surface area contributed by atoms with Crippen molar-refractivity contribution in [1.82, 2.24) is 0 Å². The number of halogens is 2. The summed E-state index contributed by atoms with van der Waals surface area (Å²) in [5.41, 5.74) is 1.04. The largest absolute Gasteiger partial charge is 0.377 e. The second kappa shape index (κ2) is 2.91. The van der Waals surface area contributed by atoms with Crippen LogP contribution in [-0.4, -0.2) is 13.2 Å². The molecule has 1 nitrogen and oxygen atoms in total. The fourth-order valence-electron chi connectivity index (χ4n) is 1.22. The molecule has 1 fully saturated rings. The Morgan fingerprint density at radius 2 is 2.08 bits per heavy atom. The normalized spacial score (nSPS) is 20.2. The van der Waals surface area contributed by atoms with Crippen molar-refractivity contribution in [1.29, 1.82) is 0 Å². The van der Waals surface area contributed by atoms with Crippen molar-refractivity contribution in [3.63, 3.8) is 0 Å². The van der Waals surface area contributed by atoms with Crippen molar-refractivity contribution < 1.29 is 4.74 Å². The summed E-state index contributed by atoms with van der Waals surface area (Å²) in [5, 5.41) is 0.722. The third kappa shape index (κ3) is 1.33. The van der Waals surface area contributed by atoms with E-state index in [-0.39, 0.29) is 4.87 Å². The second-order valence-electron chi connectivity index (χ2n) is 2.97. The predicted molar refractivity (Wildman–Crippen MR) is 49.8 cm³/mol. The molecule has 0 radical (unpaired) electrons.